The van der Waals surface area contributed by atoms with E-state index in [2.05, 4.69) is 41.0 Å². The van der Waals surface area contributed by atoms with Gasteiger partial charge < -0.3 is 10.0 Å². The summed E-state index contributed by atoms with van der Waals surface area (Å²) in [5, 5.41) is 10.6. The molecule has 6 nitrogen and oxygen atoms in total. The Morgan fingerprint density at radius 3 is 2.39 bits per heavy atom. The predicted molar refractivity (Wildman–Crippen MR) is 160 cm³/mol. The number of benzene rings is 2. The average molecular weight is 584 g/mol. The smallest absolute Gasteiger partial charge is 0.320 e. The molecule has 1 saturated carbocycles. The first-order chi connectivity index (χ1) is 19.8. The number of hydrogen-bond donors (Lipinski definition) is 1. The Morgan fingerprint density at radius 2 is 1.80 bits per heavy atom. The number of rotatable bonds is 10. The molecule has 0 bridgehead atoms. The van der Waals surface area contributed by atoms with Crippen molar-refractivity contribution in [3.8, 4) is 0 Å². The maximum Gasteiger partial charge on any atom is 0.320 e. The highest BCUT2D eigenvalue weighted by Crippen LogP contribution is 2.40. The van der Waals surface area contributed by atoms with Gasteiger partial charge in [0.25, 0.3) is 0 Å². The molecule has 2 aromatic rings. The Labute approximate surface area is 248 Å². The second kappa shape index (κ2) is 13.2. The molecule has 1 amide bonds. The summed E-state index contributed by atoms with van der Waals surface area (Å²) in [7, 11) is 0. The van der Waals surface area contributed by atoms with Gasteiger partial charge in [-0.25, -0.2) is 4.39 Å². The van der Waals surface area contributed by atoms with Crippen LogP contribution in [0.4, 0.5) is 4.39 Å². The van der Waals surface area contributed by atoms with Crippen molar-refractivity contribution in [2.75, 3.05) is 26.2 Å². The number of carboxylic acids is 1. The van der Waals surface area contributed by atoms with Gasteiger partial charge in [0, 0.05) is 55.2 Å². The van der Waals surface area contributed by atoms with Crippen LogP contribution >= 0.6 is 11.6 Å². The Balaban J connectivity index is 1.29. The molecule has 3 fully saturated rings. The first kappa shape index (κ1) is 30.0. The zero-order valence-electron chi connectivity index (χ0n) is 24.2. The van der Waals surface area contributed by atoms with Gasteiger partial charge >= 0.3 is 5.97 Å². The average Bonchev–Trinajstić information content (AvgIpc) is 3.27. The van der Waals surface area contributed by atoms with Gasteiger partial charge in [0.05, 0.1) is 6.42 Å². The van der Waals surface area contributed by atoms with Gasteiger partial charge in [-0.15, -0.1) is 0 Å². The number of hydrogen-bond acceptors (Lipinski definition) is 4. The van der Waals surface area contributed by atoms with Crippen LogP contribution in [0.25, 0.3) is 0 Å². The van der Waals surface area contributed by atoms with Crippen LogP contribution in [0.15, 0.2) is 48.5 Å². The highest BCUT2D eigenvalue weighted by Gasteiger charge is 2.48. The number of likely N-dealkylation sites (tertiary alicyclic amines) is 2. The van der Waals surface area contributed by atoms with Crippen LogP contribution in [0.3, 0.4) is 0 Å². The molecule has 0 aromatic heterocycles. The lowest BCUT2D eigenvalue weighted by Gasteiger charge is -2.43. The number of amides is 1. The lowest BCUT2D eigenvalue weighted by atomic mass is 9.80. The maximum absolute atomic E-state index is 13.5. The first-order valence-electron chi connectivity index (χ1n) is 15.3. The minimum Gasteiger partial charge on any atom is -0.480 e. The fourth-order valence-corrected chi connectivity index (χ4v) is 7.73. The van der Waals surface area contributed by atoms with Gasteiger partial charge in [0.2, 0.25) is 5.91 Å². The molecule has 222 valence electrons. The fraction of sp³-hybridized carbons (Fsp3) is 0.576. The number of piperidine rings is 1. The molecular formula is C33H43ClFN3O3. The molecule has 2 aliphatic heterocycles. The molecule has 4 atom stereocenters. The van der Waals surface area contributed by atoms with Crippen molar-refractivity contribution in [1.29, 1.82) is 0 Å². The molecule has 5 rings (SSSR count). The van der Waals surface area contributed by atoms with Crippen LogP contribution in [0.1, 0.15) is 69.4 Å². The third-order valence-corrected chi connectivity index (χ3v) is 10.3. The largest absolute Gasteiger partial charge is 0.480 e. The fourth-order valence-electron chi connectivity index (χ4n) is 7.49. The van der Waals surface area contributed by atoms with E-state index < -0.39 is 17.8 Å². The van der Waals surface area contributed by atoms with E-state index >= 15 is 0 Å². The number of carboxylic acid groups (broad SMARTS) is 1. The van der Waals surface area contributed by atoms with E-state index in [9.17, 15) is 19.1 Å². The standard InChI is InChI=1S/C33H43ClFN3O3/c1-3-37(31(39)19-25-12-13-26(35)20-29(25)34)27-14-16-36(17-15-27)32-22(2)38(21-28(32)24-10-5-4-6-11-24)30(33(40)41)18-23-8-7-9-23/h4-6,10-13,20,22-23,27-28,30,32H,3,7-9,14-19,21H2,1-2H3,(H,40,41)/t22?,28-,30-,32-/m1/s1. The molecule has 0 radical (unpaired) electrons. The Hall–Kier alpha value is -2.48. The highest BCUT2D eigenvalue weighted by molar-refractivity contribution is 6.31. The number of halogens is 2. The first-order valence-corrected chi connectivity index (χ1v) is 15.7. The summed E-state index contributed by atoms with van der Waals surface area (Å²) in [5.41, 5.74) is 1.91. The molecule has 1 N–H and O–H groups in total. The van der Waals surface area contributed by atoms with Crippen LogP contribution in [0.5, 0.6) is 0 Å². The molecule has 1 aliphatic carbocycles. The molecule has 41 heavy (non-hydrogen) atoms. The molecule has 3 aliphatic rings. The van der Waals surface area contributed by atoms with Gasteiger partial charge in [-0.2, -0.15) is 0 Å². The number of carbonyl (C=O) groups is 2. The minimum atomic E-state index is -0.701. The van der Waals surface area contributed by atoms with Gasteiger partial charge in [-0.3, -0.25) is 19.4 Å². The van der Waals surface area contributed by atoms with Crippen molar-refractivity contribution >= 4 is 23.5 Å². The van der Waals surface area contributed by atoms with Gasteiger partial charge in [-0.1, -0.05) is 67.3 Å². The van der Waals surface area contributed by atoms with Crippen molar-refractivity contribution in [2.24, 2.45) is 5.92 Å². The molecule has 1 unspecified atom stereocenters. The summed E-state index contributed by atoms with van der Waals surface area (Å²) in [4.78, 5) is 32.6. The number of aliphatic carboxylic acids is 1. The maximum atomic E-state index is 13.5. The minimum absolute atomic E-state index is 0.0160. The second-order valence-electron chi connectivity index (χ2n) is 12.2. The number of carbonyl (C=O) groups excluding carboxylic acids is 1. The Kier molecular flexibility index (Phi) is 9.67. The molecular weight excluding hydrogens is 541 g/mol. The zero-order valence-corrected chi connectivity index (χ0v) is 25.0. The lowest BCUT2D eigenvalue weighted by Crippen LogP contribution is -2.54. The van der Waals surface area contributed by atoms with Crippen LogP contribution in [-0.4, -0.2) is 82.0 Å². The number of nitrogens with zero attached hydrogens (tertiary/aromatic N) is 3. The van der Waals surface area contributed by atoms with E-state index in [-0.39, 0.29) is 41.4 Å². The van der Waals surface area contributed by atoms with Crippen molar-refractivity contribution in [2.45, 2.75) is 88.9 Å². The van der Waals surface area contributed by atoms with E-state index in [1.165, 1.54) is 24.1 Å². The van der Waals surface area contributed by atoms with E-state index in [4.69, 9.17) is 11.6 Å². The van der Waals surface area contributed by atoms with E-state index in [0.717, 1.165) is 51.7 Å². The van der Waals surface area contributed by atoms with Gasteiger partial charge in [-0.05, 0) is 62.3 Å². The summed E-state index contributed by atoms with van der Waals surface area (Å²) in [5.74, 6) is -0.334. The van der Waals surface area contributed by atoms with E-state index in [1.54, 1.807) is 6.07 Å². The summed E-state index contributed by atoms with van der Waals surface area (Å²) in [6.45, 7) is 7.30. The summed E-state index contributed by atoms with van der Waals surface area (Å²) >= 11 is 6.21. The molecule has 2 saturated heterocycles. The van der Waals surface area contributed by atoms with Crippen LogP contribution in [-0.2, 0) is 16.0 Å². The lowest BCUT2D eigenvalue weighted by molar-refractivity contribution is -0.145. The van der Waals surface area contributed by atoms with Gasteiger partial charge in [0.1, 0.15) is 11.9 Å². The molecule has 2 heterocycles. The van der Waals surface area contributed by atoms with Crippen LogP contribution in [0.2, 0.25) is 5.02 Å². The third kappa shape index (κ3) is 6.63. The monoisotopic (exact) mass is 583 g/mol. The van der Waals surface area contributed by atoms with E-state index in [0.29, 0.717) is 18.0 Å². The summed E-state index contributed by atoms with van der Waals surface area (Å²) < 4.78 is 13.5. The van der Waals surface area contributed by atoms with Crippen LogP contribution < -0.4 is 0 Å². The van der Waals surface area contributed by atoms with Crippen molar-refractivity contribution in [3.63, 3.8) is 0 Å². The zero-order chi connectivity index (χ0) is 29.1. The van der Waals surface area contributed by atoms with Crippen molar-refractivity contribution in [1.82, 2.24) is 14.7 Å². The highest BCUT2D eigenvalue weighted by atomic mass is 35.5. The van der Waals surface area contributed by atoms with Crippen molar-refractivity contribution < 1.29 is 19.1 Å². The molecule has 8 heteroatoms. The Bertz CT molecular complexity index is 1200. The molecule has 2 aromatic carbocycles. The Morgan fingerprint density at radius 1 is 1.10 bits per heavy atom. The van der Waals surface area contributed by atoms with Crippen molar-refractivity contribution in [3.05, 3.63) is 70.5 Å². The summed E-state index contributed by atoms with van der Waals surface area (Å²) in [6.07, 6.45) is 6.13. The quantitative estimate of drug-likeness (QED) is 0.381. The van der Waals surface area contributed by atoms with E-state index in [1.807, 2.05) is 17.9 Å². The topological polar surface area (TPSA) is 64.1 Å². The summed E-state index contributed by atoms with van der Waals surface area (Å²) in [6, 6.07) is 14.8. The van der Waals surface area contributed by atoms with Gasteiger partial charge in [0.15, 0.2) is 0 Å². The third-order valence-electron chi connectivity index (χ3n) is 9.91. The van der Waals surface area contributed by atoms with Crippen LogP contribution in [0, 0.1) is 11.7 Å². The predicted octanol–water partition coefficient (Wildman–Crippen LogP) is 5.83. The normalized spacial score (nSPS) is 25.1. The second-order valence-corrected chi connectivity index (χ2v) is 12.6. The number of likely N-dealkylation sites (N-methyl/N-ethyl adjacent to an activating group) is 1. The molecule has 0 spiro atoms. The SMILES string of the molecule is CCN(C(=O)Cc1ccc(F)cc1Cl)C1CCN([C@@H]2C(C)N([C@H](CC3CCC3)C(=O)O)C[C@@H]2c2ccccc2)CC1.